The number of terminal acetylenes is 1. The van der Waals surface area contributed by atoms with Gasteiger partial charge in [0.1, 0.15) is 11.6 Å². The SMILES string of the molecule is C#Cc1cccc(C2(NC[C@@H](O)[C@@H](N)Cc3cc(F)cc(F)c3)CC2)c1.Cl. The van der Waals surface area contributed by atoms with Gasteiger partial charge in [0.25, 0.3) is 0 Å². The van der Waals surface area contributed by atoms with Crippen LogP contribution in [0.1, 0.15) is 29.5 Å². The maximum Gasteiger partial charge on any atom is 0.126 e. The Balaban J connectivity index is 0.00000261. The van der Waals surface area contributed by atoms with Crippen LogP contribution in [0.2, 0.25) is 0 Å². The summed E-state index contributed by atoms with van der Waals surface area (Å²) in [6, 6.07) is 10.4. The molecule has 0 unspecified atom stereocenters. The number of rotatable bonds is 7. The highest BCUT2D eigenvalue weighted by molar-refractivity contribution is 5.85. The summed E-state index contributed by atoms with van der Waals surface area (Å²) in [5, 5.41) is 13.7. The Morgan fingerprint density at radius 1 is 1.19 bits per heavy atom. The van der Waals surface area contributed by atoms with E-state index in [2.05, 4.69) is 11.2 Å². The molecule has 144 valence electrons. The Morgan fingerprint density at radius 2 is 1.85 bits per heavy atom. The molecule has 1 saturated carbocycles. The molecule has 2 aromatic carbocycles. The Kier molecular flexibility index (Phi) is 6.96. The molecule has 27 heavy (non-hydrogen) atoms. The van der Waals surface area contributed by atoms with E-state index in [1.165, 1.54) is 12.1 Å². The third kappa shape index (κ3) is 5.27. The van der Waals surface area contributed by atoms with Crippen molar-refractivity contribution < 1.29 is 13.9 Å². The summed E-state index contributed by atoms with van der Waals surface area (Å²) >= 11 is 0. The molecule has 1 aliphatic carbocycles. The lowest BCUT2D eigenvalue weighted by molar-refractivity contribution is 0.136. The highest BCUT2D eigenvalue weighted by Gasteiger charge is 2.44. The topological polar surface area (TPSA) is 58.3 Å². The maximum absolute atomic E-state index is 13.3. The number of hydrogen-bond donors (Lipinski definition) is 3. The van der Waals surface area contributed by atoms with E-state index in [1.807, 2.05) is 24.3 Å². The summed E-state index contributed by atoms with van der Waals surface area (Å²) in [4.78, 5) is 0. The van der Waals surface area contributed by atoms with Crippen molar-refractivity contribution in [1.82, 2.24) is 5.32 Å². The molecule has 1 aliphatic rings. The smallest absolute Gasteiger partial charge is 0.126 e. The van der Waals surface area contributed by atoms with E-state index in [1.54, 1.807) is 0 Å². The number of benzene rings is 2. The Morgan fingerprint density at radius 3 is 2.44 bits per heavy atom. The molecular formula is C21H23ClF2N2O. The number of halogens is 3. The number of aliphatic hydroxyl groups excluding tert-OH is 1. The second kappa shape index (κ2) is 8.81. The van der Waals surface area contributed by atoms with Gasteiger partial charge in [-0.1, -0.05) is 18.1 Å². The highest BCUT2D eigenvalue weighted by atomic mass is 35.5. The Bertz CT molecular complexity index is 813. The summed E-state index contributed by atoms with van der Waals surface area (Å²) in [6.07, 6.45) is 6.72. The first-order valence-electron chi connectivity index (χ1n) is 8.63. The van der Waals surface area contributed by atoms with E-state index >= 15 is 0 Å². The number of aliphatic hydroxyl groups is 1. The zero-order chi connectivity index (χ0) is 18.7. The summed E-state index contributed by atoms with van der Waals surface area (Å²) < 4.78 is 26.5. The van der Waals surface area contributed by atoms with Crippen molar-refractivity contribution in [1.29, 1.82) is 0 Å². The third-order valence-electron chi connectivity index (χ3n) is 4.87. The largest absolute Gasteiger partial charge is 0.390 e. The minimum Gasteiger partial charge on any atom is -0.390 e. The lowest BCUT2D eigenvalue weighted by Gasteiger charge is -2.24. The lowest BCUT2D eigenvalue weighted by Crippen LogP contribution is -2.45. The first kappa shape index (κ1) is 21.3. The van der Waals surface area contributed by atoms with Crippen LogP contribution < -0.4 is 11.1 Å². The molecule has 0 spiro atoms. The second-order valence-electron chi connectivity index (χ2n) is 6.90. The van der Waals surface area contributed by atoms with Crippen LogP contribution in [0.3, 0.4) is 0 Å². The van der Waals surface area contributed by atoms with Gasteiger partial charge >= 0.3 is 0 Å². The van der Waals surface area contributed by atoms with Crippen LogP contribution >= 0.6 is 12.4 Å². The molecule has 3 rings (SSSR count). The van der Waals surface area contributed by atoms with Gasteiger partial charge in [-0.15, -0.1) is 18.8 Å². The van der Waals surface area contributed by atoms with Crippen molar-refractivity contribution in [3.63, 3.8) is 0 Å². The quantitative estimate of drug-likeness (QED) is 0.635. The van der Waals surface area contributed by atoms with E-state index in [9.17, 15) is 13.9 Å². The normalized spacial score (nSPS) is 16.7. The fraction of sp³-hybridized carbons (Fsp3) is 0.333. The zero-order valence-corrected chi connectivity index (χ0v) is 15.6. The maximum atomic E-state index is 13.3. The van der Waals surface area contributed by atoms with Gasteiger partial charge in [-0.05, 0) is 54.7 Å². The molecule has 6 heteroatoms. The zero-order valence-electron chi connectivity index (χ0n) is 14.8. The molecule has 0 amide bonds. The monoisotopic (exact) mass is 392 g/mol. The van der Waals surface area contributed by atoms with E-state index in [0.717, 1.165) is 30.0 Å². The first-order chi connectivity index (χ1) is 12.4. The van der Waals surface area contributed by atoms with Gasteiger partial charge in [0.2, 0.25) is 0 Å². The predicted molar refractivity (Wildman–Crippen MR) is 105 cm³/mol. The summed E-state index contributed by atoms with van der Waals surface area (Å²) in [5.74, 6) is 1.33. The number of nitrogens with two attached hydrogens (primary N) is 1. The van der Waals surface area contributed by atoms with Crippen molar-refractivity contribution in [3.8, 4) is 12.3 Å². The van der Waals surface area contributed by atoms with Gasteiger partial charge < -0.3 is 16.2 Å². The molecule has 2 atom stereocenters. The fourth-order valence-electron chi connectivity index (χ4n) is 3.19. The van der Waals surface area contributed by atoms with Crippen molar-refractivity contribution in [2.75, 3.05) is 6.54 Å². The van der Waals surface area contributed by atoms with Crippen LogP contribution in [0, 0.1) is 24.0 Å². The van der Waals surface area contributed by atoms with Gasteiger partial charge in [-0.2, -0.15) is 0 Å². The summed E-state index contributed by atoms with van der Waals surface area (Å²) in [6.45, 7) is 0.291. The Labute approximate surface area is 164 Å². The highest BCUT2D eigenvalue weighted by Crippen LogP contribution is 2.45. The third-order valence-corrected chi connectivity index (χ3v) is 4.87. The minimum absolute atomic E-state index is 0. The summed E-state index contributed by atoms with van der Waals surface area (Å²) in [7, 11) is 0. The fourth-order valence-corrected chi connectivity index (χ4v) is 3.19. The molecular weight excluding hydrogens is 370 g/mol. The average Bonchev–Trinajstić information content (AvgIpc) is 3.40. The lowest BCUT2D eigenvalue weighted by atomic mass is 9.99. The molecule has 0 heterocycles. The molecule has 2 aromatic rings. The van der Waals surface area contributed by atoms with Crippen molar-refractivity contribution in [3.05, 3.63) is 70.8 Å². The minimum atomic E-state index is -0.838. The van der Waals surface area contributed by atoms with Crippen LogP contribution in [0.25, 0.3) is 0 Å². The number of hydrogen-bond acceptors (Lipinski definition) is 3. The van der Waals surface area contributed by atoms with Crippen molar-refractivity contribution in [2.45, 2.75) is 36.9 Å². The van der Waals surface area contributed by atoms with Crippen LogP contribution in [0.15, 0.2) is 42.5 Å². The first-order valence-corrected chi connectivity index (χ1v) is 8.63. The van der Waals surface area contributed by atoms with Gasteiger partial charge in [0.05, 0.1) is 6.10 Å². The summed E-state index contributed by atoms with van der Waals surface area (Å²) in [5.41, 5.74) is 8.19. The van der Waals surface area contributed by atoms with Crippen molar-refractivity contribution in [2.24, 2.45) is 5.73 Å². The van der Waals surface area contributed by atoms with Gasteiger partial charge in [0.15, 0.2) is 0 Å². The van der Waals surface area contributed by atoms with E-state index in [0.29, 0.717) is 12.1 Å². The average molecular weight is 393 g/mol. The molecule has 0 aliphatic heterocycles. The molecule has 3 nitrogen and oxygen atoms in total. The van der Waals surface area contributed by atoms with Crippen LogP contribution in [-0.2, 0) is 12.0 Å². The van der Waals surface area contributed by atoms with E-state index < -0.39 is 23.8 Å². The van der Waals surface area contributed by atoms with Crippen molar-refractivity contribution >= 4 is 12.4 Å². The number of nitrogens with one attached hydrogen (secondary N) is 1. The van der Waals surface area contributed by atoms with Crippen LogP contribution in [0.5, 0.6) is 0 Å². The molecule has 1 fully saturated rings. The van der Waals surface area contributed by atoms with Gasteiger partial charge in [-0.3, -0.25) is 0 Å². The van der Waals surface area contributed by atoms with E-state index in [4.69, 9.17) is 12.2 Å². The van der Waals surface area contributed by atoms with Crippen LogP contribution in [-0.4, -0.2) is 23.8 Å². The van der Waals surface area contributed by atoms with Gasteiger partial charge in [-0.25, -0.2) is 8.78 Å². The van der Waals surface area contributed by atoms with Gasteiger partial charge in [0, 0.05) is 29.8 Å². The standard InChI is InChI=1S/C21H22F2N2O.ClH/c1-2-14-4-3-5-16(8-14)21(6-7-21)25-13-20(26)19(24)11-15-9-17(22)12-18(23)10-15;/h1,3-5,8-10,12,19-20,25-26H,6-7,11,13,24H2;1H/t19-,20+;/m0./s1. The van der Waals surface area contributed by atoms with E-state index in [-0.39, 0.29) is 24.4 Å². The molecule has 0 aromatic heterocycles. The molecule has 0 radical (unpaired) electrons. The predicted octanol–water partition coefficient (Wildman–Crippen LogP) is 2.88. The van der Waals surface area contributed by atoms with Crippen LogP contribution in [0.4, 0.5) is 8.78 Å². The molecule has 0 bridgehead atoms. The molecule has 0 saturated heterocycles. The molecule has 4 N–H and O–H groups in total. The second-order valence-corrected chi connectivity index (χ2v) is 6.90. The Hall–Kier alpha value is -1.97.